The highest BCUT2D eigenvalue weighted by Crippen LogP contribution is 2.35. The fraction of sp³-hybridized carbons (Fsp3) is 0.250. The number of ether oxygens (including phenoxy) is 1. The van der Waals surface area contributed by atoms with Crippen molar-refractivity contribution >= 4 is 88.1 Å². The molecule has 0 fully saturated rings. The van der Waals surface area contributed by atoms with Crippen LogP contribution in [0.15, 0.2) is 46.4 Å². The zero-order valence-corrected chi connectivity index (χ0v) is 30.5. The van der Waals surface area contributed by atoms with Gasteiger partial charge in [-0.2, -0.15) is 44.8 Å². The van der Waals surface area contributed by atoms with Crippen LogP contribution < -0.4 is 16.6 Å². The smallest absolute Gasteiger partial charge is 0.393 e. The summed E-state index contributed by atoms with van der Waals surface area (Å²) >= 11 is 8.50. The summed E-state index contributed by atoms with van der Waals surface area (Å²) in [6.45, 7) is 1.70. The summed E-state index contributed by atoms with van der Waals surface area (Å²) in [7, 11) is 0. The third-order valence-electron chi connectivity index (χ3n) is 6.79. The molecule has 0 saturated carbocycles. The van der Waals surface area contributed by atoms with Crippen LogP contribution in [-0.2, 0) is 24.0 Å². The van der Waals surface area contributed by atoms with E-state index in [-0.39, 0.29) is 53.7 Å². The fourth-order valence-electron chi connectivity index (χ4n) is 4.62. The SMILES string of the molecule is CCOC(=O)c1c[nH]c2sc(CC(F)(F)F)cc2c1=O.N#Cc1cnc2sc(CC(F)(F)F)cc2c1Cl.NC(=O)c1c[nH]c2sc(CC(F)(F)F)cc2c1=O. The summed E-state index contributed by atoms with van der Waals surface area (Å²) in [5.74, 6) is -1.71. The average molecular weight is 858 g/mol. The number of rotatable bonds is 6. The molecule has 0 atom stereocenters. The number of esters is 1. The number of pyridine rings is 3. The Labute approximate surface area is 317 Å². The number of nitrogens with zero attached hydrogens (tertiary/aromatic N) is 2. The van der Waals surface area contributed by atoms with Crippen LogP contribution in [-0.4, -0.2) is 52.0 Å². The Morgan fingerprint density at radius 1 is 0.800 bits per heavy atom. The lowest BCUT2D eigenvalue weighted by Gasteiger charge is -2.01. The molecule has 1 amide bonds. The van der Waals surface area contributed by atoms with Gasteiger partial charge < -0.3 is 20.4 Å². The number of fused-ring (bicyclic) bond motifs is 3. The second-order valence-electron chi connectivity index (χ2n) is 11.0. The monoisotopic (exact) mass is 857 g/mol. The first-order chi connectivity index (χ1) is 25.5. The summed E-state index contributed by atoms with van der Waals surface area (Å²) < 4.78 is 115. The number of aromatic nitrogens is 3. The van der Waals surface area contributed by atoms with Gasteiger partial charge in [0.2, 0.25) is 10.9 Å². The summed E-state index contributed by atoms with van der Waals surface area (Å²) in [5, 5.41) is 9.39. The van der Waals surface area contributed by atoms with Gasteiger partial charge in [0.1, 0.15) is 31.7 Å². The molecule has 0 aliphatic rings. The second kappa shape index (κ2) is 16.8. The van der Waals surface area contributed by atoms with Crippen LogP contribution in [0, 0.1) is 11.3 Å². The molecular formula is C32H21ClF9N5O5S3. The molecule has 0 aromatic carbocycles. The van der Waals surface area contributed by atoms with Crippen LogP contribution in [0.2, 0.25) is 5.02 Å². The first-order valence-corrected chi connectivity index (χ1v) is 17.7. The van der Waals surface area contributed by atoms with Crippen molar-refractivity contribution in [1.29, 1.82) is 5.26 Å². The molecule has 6 rings (SSSR count). The fourth-order valence-corrected chi connectivity index (χ4v) is 8.05. The van der Waals surface area contributed by atoms with Gasteiger partial charge in [0, 0.05) is 38.6 Å². The van der Waals surface area contributed by atoms with Crippen LogP contribution in [0.5, 0.6) is 0 Å². The Morgan fingerprint density at radius 3 is 1.67 bits per heavy atom. The normalized spacial score (nSPS) is 11.8. The van der Waals surface area contributed by atoms with Crippen LogP contribution in [0.25, 0.3) is 30.6 Å². The molecular weight excluding hydrogens is 837 g/mol. The first-order valence-electron chi connectivity index (χ1n) is 14.9. The van der Waals surface area contributed by atoms with E-state index >= 15 is 0 Å². The van der Waals surface area contributed by atoms with Gasteiger partial charge >= 0.3 is 24.5 Å². The number of nitriles is 1. The number of aromatic amines is 2. The number of primary amides is 1. The Morgan fingerprint density at radius 2 is 1.24 bits per heavy atom. The van der Waals surface area contributed by atoms with E-state index in [0.29, 0.717) is 19.9 Å². The number of carbonyl (C=O) groups is 2. The summed E-state index contributed by atoms with van der Waals surface area (Å²) in [5.41, 5.74) is 3.39. The maximum absolute atomic E-state index is 12.3. The minimum absolute atomic E-state index is 0.00692. The van der Waals surface area contributed by atoms with Gasteiger partial charge in [-0.3, -0.25) is 14.4 Å². The molecule has 6 aromatic heterocycles. The summed E-state index contributed by atoms with van der Waals surface area (Å²) in [4.78, 5) is 56.6. The number of nitrogens with one attached hydrogen (secondary N) is 2. The maximum atomic E-state index is 12.3. The van der Waals surface area contributed by atoms with E-state index in [1.54, 1.807) is 6.92 Å². The van der Waals surface area contributed by atoms with Crippen molar-refractivity contribution in [2.45, 2.75) is 44.7 Å². The van der Waals surface area contributed by atoms with Crippen LogP contribution >= 0.6 is 45.6 Å². The summed E-state index contributed by atoms with van der Waals surface area (Å²) in [6.07, 6.45) is -12.6. The van der Waals surface area contributed by atoms with Gasteiger partial charge in [0.05, 0.1) is 47.2 Å². The minimum Gasteiger partial charge on any atom is -0.462 e. The van der Waals surface area contributed by atoms with E-state index in [9.17, 15) is 58.7 Å². The van der Waals surface area contributed by atoms with Crippen LogP contribution in [0.3, 0.4) is 0 Å². The Kier molecular flexibility index (Phi) is 13.1. The highest BCUT2D eigenvalue weighted by atomic mass is 35.5. The molecule has 0 unspecified atom stereocenters. The largest absolute Gasteiger partial charge is 0.462 e. The topological polar surface area (TPSA) is 172 Å². The van der Waals surface area contributed by atoms with Crippen molar-refractivity contribution in [3.8, 4) is 6.07 Å². The maximum Gasteiger partial charge on any atom is 0.393 e. The molecule has 10 nitrogen and oxygen atoms in total. The average Bonchev–Trinajstić information content (AvgIpc) is 3.77. The van der Waals surface area contributed by atoms with E-state index < -0.39 is 60.5 Å². The lowest BCUT2D eigenvalue weighted by molar-refractivity contribution is -0.127. The quantitative estimate of drug-likeness (QED) is 0.111. The molecule has 23 heteroatoms. The molecule has 4 N–H and O–H groups in total. The molecule has 292 valence electrons. The molecule has 6 aromatic rings. The first kappa shape index (κ1) is 42.8. The number of halogens is 10. The van der Waals surface area contributed by atoms with Gasteiger partial charge in [0.25, 0.3) is 5.91 Å². The Bertz CT molecular complexity index is 2550. The number of nitrogens with two attached hydrogens (primary N) is 1. The lowest BCUT2D eigenvalue weighted by Crippen LogP contribution is -2.21. The molecule has 0 radical (unpaired) electrons. The molecule has 0 aliphatic carbocycles. The number of thiophene rings is 3. The molecule has 0 aliphatic heterocycles. The van der Waals surface area contributed by atoms with Gasteiger partial charge in [-0.05, 0) is 25.1 Å². The van der Waals surface area contributed by atoms with E-state index in [2.05, 4.69) is 15.0 Å². The molecule has 6 heterocycles. The third-order valence-corrected chi connectivity index (χ3v) is 10.4. The molecule has 0 spiro atoms. The summed E-state index contributed by atoms with van der Waals surface area (Å²) in [6, 6.07) is 5.47. The highest BCUT2D eigenvalue weighted by Gasteiger charge is 2.31. The third kappa shape index (κ3) is 11.3. The molecule has 0 saturated heterocycles. The van der Waals surface area contributed by atoms with E-state index in [1.807, 2.05) is 6.07 Å². The zero-order valence-electron chi connectivity index (χ0n) is 27.3. The Hall–Kier alpha value is -4.98. The van der Waals surface area contributed by atoms with Crippen molar-refractivity contribution < 1.29 is 53.8 Å². The predicted octanol–water partition coefficient (Wildman–Crippen LogP) is 8.59. The van der Waals surface area contributed by atoms with Gasteiger partial charge in [-0.15, -0.1) is 34.0 Å². The Balaban J connectivity index is 0.000000184. The zero-order chi connectivity index (χ0) is 41.0. The second-order valence-corrected chi connectivity index (χ2v) is 14.7. The van der Waals surface area contributed by atoms with Crippen molar-refractivity contribution in [2.75, 3.05) is 6.61 Å². The van der Waals surface area contributed by atoms with Crippen LogP contribution in [0.1, 0.15) is 47.8 Å². The highest BCUT2D eigenvalue weighted by molar-refractivity contribution is 7.19. The van der Waals surface area contributed by atoms with E-state index in [1.165, 1.54) is 12.3 Å². The van der Waals surface area contributed by atoms with Crippen molar-refractivity contribution in [3.63, 3.8) is 0 Å². The number of hydrogen-bond acceptors (Lipinski definition) is 10. The standard InChI is InChI=1S/C12H10F3NO3S.C10H4ClF3N2S.C10H7F3N2O2S/c1-2-19-11(18)8-5-16-10-7(9(8)17)3-6(20-10)4-12(13,14)15;11-8-5(3-15)4-16-9-7(8)1-6(17-9)2-10(12,13)14;11-10(12,13)2-4-1-5-7(16)6(8(14)17)3-15-9(5)18-4/h3,5H,2,4H2,1H3,(H,16,17);1,4H,2H2;1,3H,2H2,(H2,14,17)(H,15,16). The van der Waals surface area contributed by atoms with Gasteiger partial charge in [0.15, 0.2) is 0 Å². The number of H-pyrrole nitrogens is 2. The molecule has 55 heavy (non-hydrogen) atoms. The van der Waals surface area contributed by atoms with Crippen molar-refractivity contribution in [1.82, 2.24) is 15.0 Å². The van der Waals surface area contributed by atoms with Gasteiger partial charge in [-0.1, -0.05) is 11.6 Å². The van der Waals surface area contributed by atoms with Crippen LogP contribution in [0.4, 0.5) is 39.5 Å². The number of carbonyl (C=O) groups excluding carboxylic acids is 2. The predicted molar refractivity (Wildman–Crippen MR) is 188 cm³/mol. The minimum atomic E-state index is -4.34. The number of amides is 1. The number of hydrogen-bond donors (Lipinski definition) is 3. The van der Waals surface area contributed by atoms with Crippen molar-refractivity contribution in [3.05, 3.63) is 93.6 Å². The van der Waals surface area contributed by atoms with E-state index in [0.717, 1.165) is 58.5 Å². The number of alkyl halides is 9. The van der Waals surface area contributed by atoms with Gasteiger partial charge in [-0.25, -0.2) is 9.78 Å². The van der Waals surface area contributed by atoms with E-state index in [4.69, 9.17) is 27.3 Å². The van der Waals surface area contributed by atoms with Crippen molar-refractivity contribution in [2.24, 2.45) is 5.73 Å². The lowest BCUT2D eigenvalue weighted by atomic mass is 10.2. The molecule has 0 bridgehead atoms.